The zero-order valence-electron chi connectivity index (χ0n) is 14.9. The molecule has 1 aliphatic rings. The second-order valence-corrected chi connectivity index (χ2v) is 8.55. The summed E-state index contributed by atoms with van der Waals surface area (Å²) in [4.78, 5) is 4.63. The summed E-state index contributed by atoms with van der Waals surface area (Å²) < 4.78 is 26.0. The van der Waals surface area contributed by atoms with Crippen LogP contribution in [0.25, 0.3) is 0 Å². The average molecular weight is 480 g/mol. The highest BCUT2D eigenvalue weighted by Gasteiger charge is 2.20. The summed E-state index contributed by atoms with van der Waals surface area (Å²) in [7, 11) is -0.434. The third-order valence-corrected chi connectivity index (χ3v) is 6.27. The number of hydrogen-bond donors (Lipinski definition) is 2. The van der Waals surface area contributed by atoms with E-state index in [1.807, 2.05) is 6.07 Å². The molecule has 0 amide bonds. The van der Waals surface area contributed by atoms with E-state index in [2.05, 4.69) is 10.3 Å². The van der Waals surface area contributed by atoms with Crippen LogP contribution in [-0.2, 0) is 16.6 Å². The Bertz CT molecular complexity index is 669. The van der Waals surface area contributed by atoms with Crippen molar-refractivity contribution in [3.05, 3.63) is 29.8 Å². The molecule has 2 rings (SSSR count). The van der Waals surface area contributed by atoms with E-state index < -0.39 is 10.0 Å². The van der Waals surface area contributed by atoms with Crippen molar-refractivity contribution in [3.63, 3.8) is 0 Å². The monoisotopic (exact) mass is 480 g/mol. The summed E-state index contributed by atoms with van der Waals surface area (Å²) in [6.07, 6.45) is 7.23. The number of benzene rings is 1. The first kappa shape index (κ1) is 22.2. The van der Waals surface area contributed by atoms with Gasteiger partial charge < -0.3 is 11.1 Å². The molecule has 1 fully saturated rings. The van der Waals surface area contributed by atoms with Gasteiger partial charge in [0.1, 0.15) is 0 Å². The molecule has 3 N–H and O–H groups in total. The molecule has 142 valence electrons. The Morgan fingerprint density at radius 2 is 1.80 bits per heavy atom. The Morgan fingerprint density at radius 3 is 2.40 bits per heavy atom. The quantitative estimate of drug-likeness (QED) is 0.294. The molecule has 0 unspecified atom stereocenters. The maximum Gasteiger partial charge on any atom is 0.242 e. The number of nitrogens with zero attached hydrogens (tertiary/aromatic N) is 2. The maximum absolute atomic E-state index is 12.4. The Morgan fingerprint density at radius 1 is 1.20 bits per heavy atom. The van der Waals surface area contributed by atoms with Crippen LogP contribution in [0.5, 0.6) is 0 Å². The normalized spacial score (nSPS) is 17.0. The Balaban J connectivity index is 0.00000312. The van der Waals surface area contributed by atoms with Crippen LogP contribution in [0.2, 0.25) is 0 Å². The van der Waals surface area contributed by atoms with Crippen LogP contribution in [0.1, 0.15) is 44.1 Å². The zero-order chi connectivity index (χ0) is 17.6. The van der Waals surface area contributed by atoms with E-state index in [9.17, 15) is 8.42 Å². The number of sulfonamides is 1. The van der Waals surface area contributed by atoms with Gasteiger partial charge in [-0.3, -0.25) is 0 Å². The lowest BCUT2D eigenvalue weighted by molar-refractivity contribution is 0.519. The molecule has 0 atom stereocenters. The standard InChI is InChI=1S/C17H28N4O2S.HI/c1-21(2)24(22,23)16-12-8-7-9-14(16)13-19-17(18)20-15-10-5-3-4-6-11-15;/h7-9,12,15H,3-6,10-11,13H2,1-2H3,(H3,18,19,20);1H. The van der Waals surface area contributed by atoms with Crippen LogP contribution in [-0.4, -0.2) is 38.8 Å². The second kappa shape index (κ2) is 10.3. The summed E-state index contributed by atoms with van der Waals surface area (Å²) in [6, 6.07) is 7.29. The molecule has 6 nitrogen and oxygen atoms in total. The molecular weight excluding hydrogens is 451 g/mol. The Labute approximate surface area is 168 Å². The molecular formula is C17H29IN4O2S. The minimum absolute atomic E-state index is 0. The molecule has 1 aromatic rings. The number of aliphatic imine (C=N–C) groups is 1. The van der Waals surface area contributed by atoms with Crippen LogP contribution >= 0.6 is 24.0 Å². The number of halogens is 1. The van der Waals surface area contributed by atoms with Crippen molar-refractivity contribution in [3.8, 4) is 0 Å². The molecule has 8 heteroatoms. The van der Waals surface area contributed by atoms with Crippen molar-refractivity contribution in [1.82, 2.24) is 9.62 Å². The summed E-state index contributed by atoms with van der Waals surface area (Å²) in [5.41, 5.74) is 6.65. The Hall–Kier alpha value is -0.870. The second-order valence-electron chi connectivity index (χ2n) is 6.43. The average Bonchev–Trinajstić information content (AvgIpc) is 2.81. The lowest BCUT2D eigenvalue weighted by Crippen LogP contribution is -2.39. The molecule has 0 aromatic heterocycles. The van der Waals surface area contributed by atoms with E-state index in [0.717, 1.165) is 12.8 Å². The van der Waals surface area contributed by atoms with Gasteiger partial charge in [-0.15, -0.1) is 24.0 Å². The first-order chi connectivity index (χ1) is 11.4. The van der Waals surface area contributed by atoms with E-state index in [0.29, 0.717) is 17.6 Å². The van der Waals surface area contributed by atoms with E-state index in [4.69, 9.17) is 5.73 Å². The van der Waals surface area contributed by atoms with E-state index >= 15 is 0 Å². The van der Waals surface area contributed by atoms with Crippen LogP contribution in [0.15, 0.2) is 34.2 Å². The van der Waals surface area contributed by atoms with Crippen LogP contribution in [0.3, 0.4) is 0 Å². The van der Waals surface area contributed by atoms with Gasteiger partial charge in [0.15, 0.2) is 5.96 Å². The summed E-state index contributed by atoms with van der Waals surface area (Å²) in [5, 5.41) is 3.28. The predicted octanol–water partition coefficient (Wildman–Crippen LogP) is 2.68. The topological polar surface area (TPSA) is 87.8 Å². The lowest BCUT2D eigenvalue weighted by Gasteiger charge is -2.17. The molecule has 0 radical (unpaired) electrons. The van der Waals surface area contributed by atoms with Gasteiger partial charge in [0.25, 0.3) is 0 Å². The van der Waals surface area contributed by atoms with Crippen molar-refractivity contribution < 1.29 is 8.42 Å². The minimum Gasteiger partial charge on any atom is -0.370 e. The van der Waals surface area contributed by atoms with Gasteiger partial charge in [-0.25, -0.2) is 17.7 Å². The number of guanidine groups is 1. The third-order valence-electron chi connectivity index (χ3n) is 4.36. The molecule has 1 aromatic carbocycles. The number of rotatable bonds is 5. The molecule has 0 saturated heterocycles. The highest BCUT2D eigenvalue weighted by Crippen LogP contribution is 2.19. The number of hydrogen-bond acceptors (Lipinski definition) is 3. The number of nitrogens with one attached hydrogen (secondary N) is 1. The maximum atomic E-state index is 12.4. The fraction of sp³-hybridized carbons (Fsp3) is 0.588. The van der Waals surface area contributed by atoms with Crippen LogP contribution in [0, 0.1) is 0 Å². The Kier molecular flexibility index (Phi) is 9.15. The lowest BCUT2D eigenvalue weighted by atomic mass is 10.1. The summed E-state index contributed by atoms with van der Waals surface area (Å²) >= 11 is 0. The molecule has 1 saturated carbocycles. The highest BCUT2D eigenvalue weighted by atomic mass is 127. The zero-order valence-corrected chi connectivity index (χ0v) is 18.1. The summed E-state index contributed by atoms with van der Waals surface area (Å²) in [6.45, 7) is 0.245. The fourth-order valence-electron chi connectivity index (χ4n) is 2.93. The molecule has 0 aliphatic heterocycles. The first-order valence-corrected chi connectivity index (χ1v) is 9.92. The van der Waals surface area contributed by atoms with Gasteiger partial charge >= 0.3 is 0 Å². The largest absolute Gasteiger partial charge is 0.370 e. The van der Waals surface area contributed by atoms with E-state index in [1.54, 1.807) is 18.2 Å². The van der Waals surface area contributed by atoms with Crippen molar-refractivity contribution in [2.45, 2.75) is 56.0 Å². The summed E-state index contributed by atoms with van der Waals surface area (Å²) in [5.74, 6) is 0.388. The predicted molar refractivity (Wildman–Crippen MR) is 113 cm³/mol. The molecule has 0 spiro atoms. The molecule has 1 aliphatic carbocycles. The molecule has 0 bridgehead atoms. The first-order valence-electron chi connectivity index (χ1n) is 8.48. The molecule has 0 heterocycles. The van der Waals surface area contributed by atoms with Crippen molar-refractivity contribution in [2.24, 2.45) is 10.7 Å². The van der Waals surface area contributed by atoms with Gasteiger partial charge in [0.05, 0.1) is 11.4 Å². The van der Waals surface area contributed by atoms with E-state index in [-0.39, 0.29) is 35.4 Å². The molecule has 25 heavy (non-hydrogen) atoms. The van der Waals surface area contributed by atoms with Gasteiger partial charge in [0.2, 0.25) is 10.0 Å². The van der Waals surface area contributed by atoms with Crippen molar-refractivity contribution in [2.75, 3.05) is 14.1 Å². The third kappa shape index (κ3) is 6.41. The van der Waals surface area contributed by atoms with Gasteiger partial charge in [-0.2, -0.15) is 0 Å². The van der Waals surface area contributed by atoms with Gasteiger partial charge in [-0.05, 0) is 24.5 Å². The van der Waals surface area contributed by atoms with Gasteiger partial charge in [0, 0.05) is 20.1 Å². The van der Waals surface area contributed by atoms with Gasteiger partial charge in [-0.1, -0.05) is 43.9 Å². The van der Waals surface area contributed by atoms with Crippen molar-refractivity contribution in [1.29, 1.82) is 0 Å². The van der Waals surface area contributed by atoms with Crippen LogP contribution < -0.4 is 11.1 Å². The minimum atomic E-state index is -3.48. The van der Waals surface area contributed by atoms with Crippen LogP contribution in [0.4, 0.5) is 0 Å². The highest BCUT2D eigenvalue weighted by molar-refractivity contribution is 14.0. The SMILES string of the molecule is CN(C)S(=O)(=O)c1ccccc1CN=C(N)NC1CCCCCC1.I. The van der Waals surface area contributed by atoms with Crippen molar-refractivity contribution >= 4 is 40.0 Å². The fourth-order valence-corrected chi connectivity index (χ4v) is 4.04. The van der Waals surface area contributed by atoms with E-state index in [1.165, 1.54) is 44.1 Å². The number of nitrogens with two attached hydrogens (primary N) is 1. The smallest absolute Gasteiger partial charge is 0.242 e.